The molecule has 0 spiro atoms. The van der Waals surface area contributed by atoms with Crippen LogP contribution in [0.2, 0.25) is 0 Å². The first kappa shape index (κ1) is 13.4. The van der Waals surface area contributed by atoms with E-state index in [4.69, 9.17) is 12.0 Å². The average Bonchev–Trinajstić information content (AvgIpc) is 2.42. The van der Waals surface area contributed by atoms with Crippen molar-refractivity contribution in [1.82, 2.24) is 0 Å². The van der Waals surface area contributed by atoms with E-state index in [1.165, 1.54) is 7.11 Å². The summed E-state index contributed by atoms with van der Waals surface area (Å²) in [6, 6.07) is 7.13. The lowest BCUT2D eigenvalue weighted by molar-refractivity contribution is -0.136. The minimum absolute atomic E-state index is 0.0813. The number of azide groups is 1. The van der Waals surface area contributed by atoms with E-state index < -0.39 is 5.97 Å². The molecule has 0 amide bonds. The highest BCUT2D eigenvalue weighted by Gasteiger charge is 2.09. The summed E-state index contributed by atoms with van der Waals surface area (Å²) in [7, 11) is 1.26. The number of hydrogen-bond acceptors (Lipinski definition) is 3. The predicted octanol–water partition coefficient (Wildman–Crippen LogP) is 2.53. The summed E-state index contributed by atoms with van der Waals surface area (Å²) in [5.41, 5.74) is 9.89. The first-order valence-corrected chi connectivity index (χ1v) is 5.08. The fraction of sp³-hybridized carbons (Fsp3) is 0.154. The van der Waals surface area contributed by atoms with Crippen LogP contribution in [-0.4, -0.2) is 19.6 Å². The van der Waals surface area contributed by atoms with E-state index in [2.05, 4.69) is 20.7 Å². The van der Waals surface area contributed by atoms with Crippen molar-refractivity contribution in [1.29, 1.82) is 0 Å². The minimum atomic E-state index is -0.547. The number of carbonyl (C=O) groups excluding carboxylic acids is 1. The molecule has 0 radical (unpaired) electrons. The molecule has 1 rings (SSSR count). The Morgan fingerprint density at radius 3 is 2.94 bits per heavy atom. The third kappa shape index (κ3) is 3.41. The molecule has 0 saturated heterocycles. The molecule has 18 heavy (non-hydrogen) atoms. The Morgan fingerprint density at radius 2 is 2.33 bits per heavy atom. The van der Waals surface area contributed by atoms with Gasteiger partial charge < -0.3 is 4.74 Å². The molecular weight excluding hydrogens is 230 g/mol. The molecule has 0 fully saturated rings. The maximum absolute atomic E-state index is 11.5. The average molecular weight is 241 g/mol. The number of terminal acetylenes is 1. The van der Waals surface area contributed by atoms with E-state index in [-0.39, 0.29) is 12.1 Å². The van der Waals surface area contributed by atoms with E-state index in [1.807, 2.05) is 0 Å². The lowest BCUT2D eigenvalue weighted by Crippen LogP contribution is -2.07. The lowest BCUT2D eigenvalue weighted by atomic mass is 10.1. The standard InChI is InChI=1S/C13H11N3O2/c1-3-10-6-4-5-7-11(10)8-12(9-15-16-14)13(17)18-2/h1,4-8H,9H2,2H3/b12-8+. The van der Waals surface area contributed by atoms with Crippen molar-refractivity contribution in [3.8, 4) is 12.3 Å². The largest absolute Gasteiger partial charge is 0.466 e. The van der Waals surface area contributed by atoms with Crippen molar-refractivity contribution in [3.05, 3.63) is 51.4 Å². The molecule has 0 aliphatic heterocycles. The maximum Gasteiger partial charge on any atom is 0.333 e. The summed E-state index contributed by atoms with van der Waals surface area (Å²) in [5, 5.41) is 3.35. The second-order valence-electron chi connectivity index (χ2n) is 3.28. The normalized spacial score (nSPS) is 10.1. The maximum atomic E-state index is 11.5. The Balaban J connectivity index is 3.19. The molecule has 0 heterocycles. The first-order valence-electron chi connectivity index (χ1n) is 5.08. The minimum Gasteiger partial charge on any atom is -0.466 e. The fourth-order valence-electron chi connectivity index (χ4n) is 1.35. The molecule has 1 aromatic rings. The Labute approximate surface area is 105 Å². The van der Waals surface area contributed by atoms with E-state index in [1.54, 1.807) is 30.3 Å². The van der Waals surface area contributed by atoms with Crippen LogP contribution in [0, 0.1) is 12.3 Å². The lowest BCUT2D eigenvalue weighted by Gasteiger charge is -2.03. The molecule has 5 nitrogen and oxygen atoms in total. The van der Waals surface area contributed by atoms with Crippen LogP contribution in [0.15, 0.2) is 35.0 Å². The Kier molecular flexibility index (Phi) is 5.04. The van der Waals surface area contributed by atoms with Gasteiger partial charge in [-0.25, -0.2) is 4.79 Å². The number of nitrogens with zero attached hydrogens (tertiary/aromatic N) is 3. The SMILES string of the molecule is C#Cc1ccccc1/C=C(\CN=[N+]=[N-])C(=O)OC. The molecular formula is C13H11N3O2. The van der Waals surface area contributed by atoms with Crippen LogP contribution in [0.3, 0.4) is 0 Å². The summed E-state index contributed by atoms with van der Waals surface area (Å²) < 4.78 is 4.61. The van der Waals surface area contributed by atoms with Crippen molar-refractivity contribution < 1.29 is 9.53 Å². The molecule has 0 unspecified atom stereocenters. The van der Waals surface area contributed by atoms with Gasteiger partial charge in [-0.05, 0) is 23.2 Å². The number of rotatable bonds is 4. The van der Waals surface area contributed by atoms with Crippen LogP contribution in [0.5, 0.6) is 0 Å². The molecule has 0 aliphatic carbocycles. The number of esters is 1. The van der Waals surface area contributed by atoms with E-state index in [9.17, 15) is 4.79 Å². The highest BCUT2D eigenvalue weighted by molar-refractivity contribution is 5.94. The van der Waals surface area contributed by atoms with E-state index in [0.29, 0.717) is 11.1 Å². The van der Waals surface area contributed by atoms with Gasteiger partial charge in [-0.1, -0.05) is 29.2 Å². The van der Waals surface area contributed by atoms with Gasteiger partial charge in [0.1, 0.15) is 0 Å². The van der Waals surface area contributed by atoms with Gasteiger partial charge in [0.15, 0.2) is 0 Å². The summed E-state index contributed by atoms with van der Waals surface area (Å²) in [5.74, 6) is 1.97. The van der Waals surface area contributed by atoms with Gasteiger partial charge in [-0.15, -0.1) is 6.42 Å². The highest BCUT2D eigenvalue weighted by atomic mass is 16.5. The summed E-state index contributed by atoms with van der Waals surface area (Å²) in [6.45, 7) is -0.0813. The summed E-state index contributed by atoms with van der Waals surface area (Å²) in [4.78, 5) is 14.1. The molecule has 5 heteroatoms. The van der Waals surface area contributed by atoms with Crippen LogP contribution in [0.25, 0.3) is 16.5 Å². The van der Waals surface area contributed by atoms with Crippen molar-refractivity contribution in [2.75, 3.05) is 13.7 Å². The van der Waals surface area contributed by atoms with Crippen LogP contribution in [0.4, 0.5) is 0 Å². The number of carbonyl (C=O) groups is 1. The van der Waals surface area contributed by atoms with Crippen LogP contribution >= 0.6 is 0 Å². The Morgan fingerprint density at radius 1 is 1.61 bits per heavy atom. The number of hydrogen-bond donors (Lipinski definition) is 0. The summed E-state index contributed by atoms with van der Waals surface area (Å²) in [6.07, 6.45) is 6.92. The van der Waals surface area contributed by atoms with Crippen molar-refractivity contribution in [3.63, 3.8) is 0 Å². The second kappa shape index (κ2) is 6.79. The van der Waals surface area contributed by atoms with Crippen LogP contribution in [0.1, 0.15) is 11.1 Å². The fourth-order valence-corrected chi connectivity index (χ4v) is 1.35. The van der Waals surface area contributed by atoms with Crippen molar-refractivity contribution in [2.45, 2.75) is 0 Å². The van der Waals surface area contributed by atoms with E-state index >= 15 is 0 Å². The monoisotopic (exact) mass is 241 g/mol. The predicted molar refractivity (Wildman–Crippen MR) is 68.4 cm³/mol. The Bertz CT molecular complexity index is 564. The number of methoxy groups -OCH3 is 1. The first-order chi connectivity index (χ1) is 8.72. The number of ether oxygens (including phenoxy) is 1. The smallest absolute Gasteiger partial charge is 0.333 e. The van der Waals surface area contributed by atoms with Crippen LogP contribution < -0.4 is 0 Å². The van der Waals surface area contributed by atoms with Gasteiger partial charge in [0.05, 0.1) is 13.7 Å². The molecule has 90 valence electrons. The molecule has 0 bridgehead atoms. The second-order valence-corrected chi connectivity index (χ2v) is 3.28. The highest BCUT2D eigenvalue weighted by Crippen LogP contribution is 2.13. The zero-order chi connectivity index (χ0) is 13.4. The van der Waals surface area contributed by atoms with E-state index in [0.717, 1.165) is 0 Å². The molecule has 0 atom stereocenters. The van der Waals surface area contributed by atoms with Gasteiger partial charge in [0, 0.05) is 16.0 Å². The van der Waals surface area contributed by atoms with Gasteiger partial charge in [-0.3, -0.25) is 0 Å². The summed E-state index contributed by atoms with van der Waals surface area (Å²) >= 11 is 0. The topological polar surface area (TPSA) is 75.1 Å². The zero-order valence-corrected chi connectivity index (χ0v) is 9.83. The molecule has 0 aromatic heterocycles. The van der Waals surface area contributed by atoms with Gasteiger partial charge in [-0.2, -0.15) is 0 Å². The molecule has 0 saturated carbocycles. The van der Waals surface area contributed by atoms with Gasteiger partial charge >= 0.3 is 5.97 Å². The molecule has 1 aromatic carbocycles. The van der Waals surface area contributed by atoms with Crippen molar-refractivity contribution >= 4 is 12.0 Å². The van der Waals surface area contributed by atoms with Crippen molar-refractivity contribution in [2.24, 2.45) is 5.11 Å². The Hall–Kier alpha value is -2.70. The third-order valence-electron chi connectivity index (χ3n) is 2.20. The van der Waals surface area contributed by atoms with Crippen LogP contribution in [-0.2, 0) is 9.53 Å². The zero-order valence-electron chi connectivity index (χ0n) is 9.83. The molecule has 0 aliphatic rings. The third-order valence-corrected chi connectivity index (χ3v) is 2.20. The van der Waals surface area contributed by atoms with Gasteiger partial charge in [0.2, 0.25) is 0 Å². The van der Waals surface area contributed by atoms with Gasteiger partial charge in [0.25, 0.3) is 0 Å². The molecule has 0 N–H and O–H groups in total. The number of benzene rings is 1. The quantitative estimate of drug-likeness (QED) is 0.203.